The van der Waals surface area contributed by atoms with Gasteiger partial charge in [0.15, 0.2) is 0 Å². The van der Waals surface area contributed by atoms with E-state index in [1.807, 2.05) is 73.1 Å². The summed E-state index contributed by atoms with van der Waals surface area (Å²) >= 11 is 10.3. The molecule has 0 spiro atoms. The number of allylic oxidation sites excluding steroid dienone is 2. The van der Waals surface area contributed by atoms with Crippen molar-refractivity contribution in [3.8, 4) is 0 Å². The molecule has 1 saturated heterocycles. The molecule has 0 bridgehead atoms. The van der Waals surface area contributed by atoms with Crippen LogP contribution in [0.2, 0.25) is 5.02 Å². The number of benzene rings is 1. The Labute approximate surface area is 237 Å². The van der Waals surface area contributed by atoms with E-state index in [2.05, 4.69) is 6.58 Å². The number of halogens is 2. The van der Waals surface area contributed by atoms with Crippen LogP contribution in [0, 0.1) is 0 Å². The first-order valence-corrected chi connectivity index (χ1v) is 14.0. The topological polar surface area (TPSA) is 61.8 Å². The van der Waals surface area contributed by atoms with Crippen molar-refractivity contribution >= 4 is 83.1 Å². The van der Waals surface area contributed by atoms with Crippen LogP contribution >= 0.6 is 46.0 Å². The fraction of sp³-hybridized carbons (Fsp3) is 0.200. The van der Waals surface area contributed by atoms with Crippen molar-refractivity contribution in [3.05, 3.63) is 79.9 Å². The van der Waals surface area contributed by atoms with Gasteiger partial charge in [0, 0.05) is 31.4 Å². The average Bonchev–Trinajstić information content (AvgIpc) is 3.46. The Balaban J connectivity index is 0.00000320. The van der Waals surface area contributed by atoms with Crippen molar-refractivity contribution in [3.63, 3.8) is 0 Å². The Morgan fingerprint density at radius 1 is 1.22 bits per heavy atom. The third-order valence-electron chi connectivity index (χ3n) is 5.82. The highest BCUT2D eigenvalue weighted by atomic mass is 35.5. The average molecular weight is 593 g/mol. The van der Waals surface area contributed by atoms with E-state index < -0.39 is 0 Å². The number of nitrogens with zero attached hydrogens (tertiary/aromatic N) is 5. The number of amides is 1. The molecule has 1 aromatic carbocycles. The summed E-state index contributed by atoms with van der Waals surface area (Å²) < 4.78 is 5.91. The lowest BCUT2D eigenvalue weighted by molar-refractivity contribution is -0.627. The van der Waals surface area contributed by atoms with Gasteiger partial charge in [0.1, 0.15) is 19.6 Å². The monoisotopic (exact) mass is 591 g/mol. The van der Waals surface area contributed by atoms with Crippen LogP contribution in [0.1, 0.15) is 6.92 Å². The molecular weight excluding hydrogens is 569 g/mol. The van der Waals surface area contributed by atoms with Crippen molar-refractivity contribution in [2.24, 2.45) is 12.0 Å². The number of fused-ring (bicyclic) bond motifs is 1. The van der Waals surface area contributed by atoms with Gasteiger partial charge in [0.05, 0.1) is 17.4 Å². The Bertz CT molecular complexity index is 1700. The molecule has 12 heteroatoms. The lowest BCUT2D eigenvalue weighted by atomic mass is 10.3. The summed E-state index contributed by atoms with van der Waals surface area (Å²) in [5, 5.41) is 1.96. The number of rotatable bonds is 4. The van der Waals surface area contributed by atoms with Crippen molar-refractivity contribution in [1.82, 2.24) is 14.4 Å². The summed E-state index contributed by atoms with van der Waals surface area (Å²) in [6.07, 6.45) is 9.32. The van der Waals surface area contributed by atoms with E-state index in [1.165, 1.54) is 34.4 Å². The first-order chi connectivity index (χ1) is 17.3. The molecule has 5 rings (SSSR count). The van der Waals surface area contributed by atoms with Crippen LogP contribution in [0.3, 0.4) is 0 Å². The summed E-state index contributed by atoms with van der Waals surface area (Å²) in [4.78, 5) is 35.8. The molecule has 3 aromatic rings. The summed E-state index contributed by atoms with van der Waals surface area (Å²) in [5.74, 6) is -0.183. The molecule has 2 aromatic heterocycles. The van der Waals surface area contributed by atoms with Crippen LogP contribution in [0.5, 0.6) is 0 Å². The number of hydrogen-bond acceptors (Lipinski definition) is 7. The number of amidine groups is 1. The van der Waals surface area contributed by atoms with E-state index in [0.717, 1.165) is 21.0 Å². The molecular formula is C25H23Cl2N5O2S3. The highest BCUT2D eigenvalue weighted by Crippen LogP contribution is 2.35. The maximum atomic E-state index is 13.6. The summed E-state index contributed by atoms with van der Waals surface area (Å²) in [6.45, 7) is 6.51. The molecule has 192 valence electrons. The Kier molecular flexibility index (Phi) is 8.15. The molecule has 2 aliphatic rings. The molecule has 1 amide bonds. The molecule has 0 unspecified atom stereocenters. The van der Waals surface area contributed by atoms with Crippen molar-refractivity contribution in [2.75, 3.05) is 13.6 Å². The zero-order valence-electron chi connectivity index (χ0n) is 20.3. The second-order valence-electron chi connectivity index (χ2n) is 8.07. The van der Waals surface area contributed by atoms with Gasteiger partial charge in [0.25, 0.3) is 16.6 Å². The first-order valence-electron chi connectivity index (χ1n) is 11.2. The molecule has 0 saturated carbocycles. The van der Waals surface area contributed by atoms with Crippen LogP contribution in [-0.4, -0.2) is 39.0 Å². The third-order valence-corrected chi connectivity index (χ3v) is 9.55. The largest absolute Gasteiger partial charge is 1.00 e. The number of aromatic nitrogens is 2. The van der Waals surface area contributed by atoms with Crippen molar-refractivity contribution in [1.29, 1.82) is 0 Å². The molecule has 0 atom stereocenters. The number of likely N-dealkylation sites (N-methyl/N-ethyl adjacent to an activating group) is 1. The third kappa shape index (κ3) is 4.84. The molecule has 1 fully saturated rings. The Hall–Kier alpha value is -2.63. The lowest BCUT2D eigenvalue weighted by Gasteiger charge is -2.16. The maximum absolute atomic E-state index is 13.6. The second-order valence-corrected chi connectivity index (χ2v) is 11.5. The van der Waals surface area contributed by atoms with Crippen LogP contribution < -0.4 is 31.7 Å². The van der Waals surface area contributed by atoms with Gasteiger partial charge >= 0.3 is 5.13 Å². The van der Waals surface area contributed by atoms with E-state index >= 15 is 0 Å². The predicted octanol–water partition coefficient (Wildman–Crippen LogP) is 0.307. The summed E-state index contributed by atoms with van der Waals surface area (Å²) in [5.41, 5.74) is 1.72. The van der Waals surface area contributed by atoms with Gasteiger partial charge in [-0.05, 0) is 65.4 Å². The minimum absolute atomic E-state index is 0. The predicted molar refractivity (Wildman–Crippen MR) is 151 cm³/mol. The van der Waals surface area contributed by atoms with Gasteiger partial charge in [-0.25, -0.2) is 4.57 Å². The summed E-state index contributed by atoms with van der Waals surface area (Å²) in [6, 6.07) is 5.72. The van der Waals surface area contributed by atoms with Crippen molar-refractivity contribution < 1.29 is 21.8 Å². The lowest BCUT2D eigenvalue weighted by Crippen LogP contribution is -3.00. The van der Waals surface area contributed by atoms with Gasteiger partial charge < -0.3 is 17.3 Å². The van der Waals surface area contributed by atoms with Gasteiger partial charge in [-0.3, -0.25) is 19.1 Å². The minimum Gasteiger partial charge on any atom is -1.00 e. The Morgan fingerprint density at radius 3 is 2.70 bits per heavy atom. The highest BCUT2D eigenvalue weighted by Gasteiger charge is 2.39. The van der Waals surface area contributed by atoms with Gasteiger partial charge in [-0.1, -0.05) is 23.8 Å². The molecule has 0 radical (unpaired) electrons. The first kappa shape index (κ1) is 27.4. The van der Waals surface area contributed by atoms with E-state index in [1.54, 1.807) is 15.5 Å². The molecule has 0 aliphatic carbocycles. The van der Waals surface area contributed by atoms with Crippen LogP contribution in [0.15, 0.2) is 65.1 Å². The maximum Gasteiger partial charge on any atom is 0.385 e. The number of carbonyl (C=O) groups excluding carboxylic acids is 1. The standard InChI is InChI=1S/C25H23ClN5O2S3.ClH/c1-5-12-31-22(33)20(23-30(6-2)21(32)19(35-23)17-9-7-8-13-28(17)3)36-25(31)27-24-29(4)16-11-10-15(26)14-18(16)34-24;/h5,7-11,13-14H,1,6,12H2,2-4H3;1H/q+1;/p-1/b19-17-,23-20-;. The molecule has 7 nitrogen and oxygen atoms in total. The quantitative estimate of drug-likeness (QED) is 0.324. The number of thioether (sulfide) groups is 1. The minimum atomic E-state index is -0.183. The zero-order chi connectivity index (χ0) is 25.6. The molecule has 0 N–H and O–H groups in total. The normalized spacial score (nSPS) is 19.4. The molecule has 2 aliphatic heterocycles. The second kappa shape index (κ2) is 11.0. The summed E-state index contributed by atoms with van der Waals surface area (Å²) in [7, 11) is 3.85. The number of aliphatic imine (C=N–C) groups is 1. The van der Waals surface area contributed by atoms with Crippen molar-refractivity contribution in [2.45, 2.75) is 13.5 Å². The fourth-order valence-corrected chi connectivity index (χ4v) is 7.78. The fourth-order valence-electron chi connectivity index (χ4n) is 3.99. The van der Waals surface area contributed by atoms with E-state index in [9.17, 15) is 9.59 Å². The van der Waals surface area contributed by atoms with E-state index in [4.69, 9.17) is 16.6 Å². The highest BCUT2D eigenvalue weighted by molar-refractivity contribution is 8.23. The zero-order valence-corrected chi connectivity index (χ0v) is 24.2. The van der Waals surface area contributed by atoms with E-state index in [-0.39, 0.29) is 23.9 Å². The van der Waals surface area contributed by atoms with Gasteiger partial charge in [-0.2, -0.15) is 0 Å². The SMILES string of the molecule is C=CCN1C(=O)/C(=c2/s/c(=C3/C=CC=CN3C)c(=O)n2CC)S/C1=N\c1sc2cc(Cl)ccc2[n+]1C.[Cl-]. The van der Waals surface area contributed by atoms with Crippen LogP contribution in [0.25, 0.3) is 20.8 Å². The smallest absolute Gasteiger partial charge is 0.385 e. The number of aryl methyl sites for hydroxylation is 1. The number of hydrogen-bond donors (Lipinski definition) is 0. The Morgan fingerprint density at radius 2 is 2.00 bits per heavy atom. The molecule has 4 heterocycles. The number of thiazole rings is 2. The number of carbonyl (C=O) groups is 1. The van der Waals surface area contributed by atoms with Crippen LogP contribution in [-0.2, 0) is 18.4 Å². The van der Waals surface area contributed by atoms with E-state index in [0.29, 0.717) is 37.4 Å². The molecule has 37 heavy (non-hydrogen) atoms. The van der Waals surface area contributed by atoms with Crippen LogP contribution in [0.4, 0.5) is 5.13 Å². The van der Waals surface area contributed by atoms with Gasteiger partial charge in [-0.15, -0.1) is 17.9 Å². The van der Waals surface area contributed by atoms with Gasteiger partial charge in [0.2, 0.25) is 0 Å².